The van der Waals surface area contributed by atoms with Crippen molar-refractivity contribution in [3.05, 3.63) is 88.2 Å². The van der Waals surface area contributed by atoms with E-state index in [0.717, 1.165) is 35.5 Å². The van der Waals surface area contributed by atoms with Crippen molar-refractivity contribution in [1.82, 2.24) is 18.9 Å². The summed E-state index contributed by atoms with van der Waals surface area (Å²) in [6.07, 6.45) is 6.06. The van der Waals surface area contributed by atoms with Crippen LogP contribution in [0.5, 0.6) is 0 Å². The third-order valence-electron chi connectivity index (χ3n) is 4.93. The number of nitrogens with zero attached hydrogens (tertiary/aromatic N) is 4. The zero-order valence-corrected chi connectivity index (χ0v) is 15.9. The second-order valence-corrected chi connectivity index (χ2v) is 6.88. The molecule has 4 aromatic rings. The third-order valence-corrected chi connectivity index (χ3v) is 4.93. The molecule has 0 spiro atoms. The second kappa shape index (κ2) is 7.38. The van der Waals surface area contributed by atoms with Crippen LogP contribution in [0.25, 0.3) is 16.8 Å². The molecule has 0 saturated carbocycles. The standard InChI is InChI=1S/C22H21FN4O/c1-3-5-21-24-13-19-22(28)26(2)17(14-27(19)21)12-15-8-10-16(11-9-15)18-6-4-7-20(23)25-18/h4,6-11,13-14H,3,5,12H2,1-2H3. The first kappa shape index (κ1) is 18.1. The molecule has 3 heterocycles. The molecule has 142 valence electrons. The molecule has 4 rings (SSSR count). The molecule has 0 bridgehead atoms. The summed E-state index contributed by atoms with van der Waals surface area (Å²) < 4.78 is 16.9. The van der Waals surface area contributed by atoms with E-state index in [4.69, 9.17) is 0 Å². The van der Waals surface area contributed by atoms with Gasteiger partial charge in [-0.05, 0) is 24.1 Å². The number of hydrogen-bond donors (Lipinski definition) is 0. The number of hydrogen-bond acceptors (Lipinski definition) is 3. The summed E-state index contributed by atoms with van der Waals surface area (Å²) in [6.45, 7) is 2.10. The zero-order valence-electron chi connectivity index (χ0n) is 15.9. The van der Waals surface area contributed by atoms with Gasteiger partial charge in [0.2, 0.25) is 5.95 Å². The molecule has 0 radical (unpaired) electrons. The zero-order chi connectivity index (χ0) is 19.7. The predicted octanol–water partition coefficient (Wildman–Crippen LogP) is 3.78. The smallest absolute Gasteiger partial charge is 0.276 e. The summed E-state index contributed by atoms with van der Waals surface area (Å²) in [5, 5.41) is 0. The summed E-state index contributed by atoms with van der Waals surface area (Å²) >= 11 is 0. The largest absolute Gasteiger partial charge is 0.312 e. The van der Waals surface area contributed by atoms with E-state index in [0.29, 0.717) is 17.6 Å². The van der Waals surface area contributed by atoms with Gasteiger partial charge in [0.15, 0.2) is 0 Å². The Morgan fingerprint density at radius 3 is 2.61 bits per heavy atom. The van der Waals surface area contributed by atoms with E-state index in [2.05, 4.69) is 16.9 Å². The molecule has 0 saturated heterocycles. The molecular weight excluding hydrogens is 355 g/mol. The lowest BCUT2D eigenvalue weighted by atomic mass is 10.1. The molecule has 1 aromatic carbocycles. The minimum atomic E-state index is -0.493. The Morgan fingerprint density at radius 1 is 1.11 bits per heavy atom. The highest BCUT2D eigenvalue weighted by Crippen LogP contribution is 2.19. The van der Waals surface area contributed by atoms with Gasteiger partial charge in [-0.15, -0.1) is 0 Å². The fourth-order valence-electron chi connectivity index (χ4n) is 3.38. The topological polar surface area (TPSA) is 52.2 Å². The van der Waals surface area contributed by atoms with Crippen molar-refractivity contribution in [2.45, 2.75) is 26.2 Å². The van der Waals surface area contributed by atoms with Crippen molar-refractivity contribution >= 4 is 5.52 Å². The van der Waals surface area contributed by atoms with Crippen LogP contribution in [0.1, 0.15) is 30.4 Å². The molecule has 6 heteroatoms. The van der Waals surface area contributed by atoms with Crippen molar-refractivity contribution < 1.29 is 4.39 Å². The lowest BCUT2D eigenvalue weighted by molar-refractivity contribution is 0.585. The van der Waals surface area contributed by atoms with Crippen LogP contribution >= 0.6 is 0 Å². The minimum absolute atomic E-state index is 0.0482. The van der Waals surface area contributed by atoms with E-state index in [1.54, 1.807) is 29.9 Å². The van der Waals surface area contributed by atoms with Crippen LogP contribution < -0.4 is 5.56 Å². The van der Waals surface area contributed by atoms with Gasteiger partial charge < -0.3 is 4.57 Å². The molecule has 0 amide bonds. The highest BCUT2D eigenvalue weighted by molar-refractivity contribution is 5.59. The number of aromatic nitrogens is 4. The molecule has 0 aliphatic heterocycles. The summed E-state index contributed by atoms with van der Waals surface area (Å²) in [5.74, 6) is 0.414. The van der Waals surface area contributed by atoms with Gasteiger partial charge in [-0.25, -0.2) is 9.97 Å². The first-order valence-corrected chi connectivity index (χ1v) is 9.33. The lowest BCUT2D eigenvalue weighted by Gasteiger charge is -2.11. The van der Waals surface area contributed by atoms with Crippen LogP contribution in [-0.2, 0) is 19.9 Å². The van der Waals surface area contributed by atoms with Gasteiger partial charge >= 0.3 is 0 Å². The van der Waals surface area contributed by atoms with E-state index in [-0.39, 0.29) is 5.56 Å². The highest BCUT2D eigenvalue weighted by atomic mass is 19.1. The Labute approximate surface area is 162 Å². The summed E-state index contributed by atoms with van der Waals surface area (Å²) in [7, 11) is 1.79. The van der Waals surface area contributed by atoms with Crippen LogP contribution in [-0.4, -0.2) is 18.9 Å². The summed E-state index contributed by atoms with van der Waals surface area (Å²) in [5.41, 5.74) is 3.97. The number of pyridine rings is 1. The molecule has 0 aliphatic carbocycles. The molecule has 3 aromatic heterocycles. The predicted molar refractivity (Wildman–Crippen MR) is 107 cm³/mol. The van der Waals surface area contributed by atoms with Gasteiger partial charge in [0, 0.05) is 37.3 Å². The Kier molecular flexibility index (Phi) is 4.77. The monoisotopic (exact) mass is 376 g/mol. The SMILES string of the molecule is CCCc1ncc2c(=O)n(C)c(Cc3ccc(-c4cccc(F)n4)cc3)cn12. The van der Waals surface area contributed by atoms with Crippen LogP contribution in [0.2, 0.25) is 0 Å². The van der Waals surface area contributed by atoms with Crippen LogP contribution in [0.15, 0.2) is 59.7 Å². The first-order valence-electron chi connectivity index (χ1n) is 9.33. The van der Waals surface area contributed by atoms with Crippen LogP contribution in [0, 0.1) is 5.95 Å². The van der Waals surface area contributed by atoms with Crippen molar-refractivity contribution in [2.75, 3.05) is 0 Å². The first-order chi connectivity index (χ1) is 13.6. The van der Waals surface area contributed by atoms with E-state index < -0.39 is 5.95 Å². The van der Waals surface area contributed by atoms with Crippen LogP contribution in [0.3, 0.4) is 0 Å². The number of imidazole rings is 1. The average molecular weight is 376 g/mol. The second-order valence-electron chi connectivity index (χ2n) is 6.88. The van der Waals surface area contributed by atoms with Gasteiger partial charge in [0.25, 0.3) is 5.56 Å². The Balaban J connectivity index is 1.67. The van der Waals surface area contributed by atoms with E-state index >= 15 is 0 Å². The normalized spacial score (nSPS) is 11.2. The maximum Gasteiger partial charge on any atom is 0.276 e. The summed E-state index contributed by atoms with van der Waals surface area (Å²) in [6, 6.07) is 12.6. The molecular formula is C22H21FN4O. The Hall–Kier alpha value is -3.28. The van der Waals surface area contributed by atoms with E-state index in [9.17, 15) is 9.18 Å². The molecule has 0 fully saturated rings. The molecule has 0 atom stereocenters. The van der Waals surface area contributed by atoms with Gasteiger partial charge in [-0.3, -0.25) is 9.20 Å². The van der Waals surface area contributed by atoms with E-state index in [1.165, 1.54) is 6.07 Å². The average Bonchev–Trinajstić information content (AvgIpc) is 3.09. The Morgan fingerprint density at radius 2 is 1.89 bits per heavy atom. The summed E-state index contributed by atoms with van der Waals surface area (Å²) in [4.78, 5) is 21.0. The Bertz CT molecular complexity index is 1190. The van der Waals surface area contributed by atoms with Crippen molar-refractivity contribution in [3.63, 3.8) is 0 Å². The number of aryl methyl sites for hydroxylation is 1. The van der Waals surface area contributed by atoms with Crippen molar-refractivity contribution in [1.29, 1.82) is 0 Å². The fourth-order valence-corrected chi connectivity index (χ4v) is 3.38. The van der Waals surface area contributed by atoms with Crippen LogP contribution in [0.4, 0.5) is 4.39 Å². The maximum absolute atomic E-state index is 13.3. The highest BCUT2D eigenvalue weighted by Gasteiger charge is 2.11. The van der Waals surface area contributed by atoms with Gasteiger partial charge in [-0.1, -0.05) is 37.3 Å². The van der Waals surface area contributed by atoms with Crippen molar-refractivity contribution in [3.8, 4) is 11.3 Å². The fraction of sp³-hybridized carbons (Fsp3) is 0.227. The molecule has 0 aliphatic rings. The number of fused-ring (bicyclic) bond motifs is 1. The van der Waals surface area contributed by atoms with Crippen molar-refractivity contribution in [2.24, 2.45) is 7.05 Å². The van der Waals surface area contributed by atoms with Gasteiger partial charge in [0.1, 0.15) is 11.3 Å². The number of halogens is 1. The molecule has 28 heavy (non-hydrogen) atoms. The quantitative estimate of drug-likeness (QED) is 0.498. The molecule has 0 unspecified atom stereocenters. The number of rotatable bonds is 5. The van der Waals surface area contributed by atoms with E-state index in [1.807, 2.05) is 34.9 Å². The maximum atomic E-state index is 13.3. The van der Waals surface area contributed by atoms with Gasteiger partial charge in [0.05, 0.1) is 11.9 Å². The molecule has 0 N–H and O–H groups in total. The number of benzene rings is 1. The lowest BCUT2D eigenvalue weighted by Crippen LogP contribution is -2.23. The molecule has 5 nitrogen and oxygen atoms in total. The third kappa shape index (κ3) is 3.33. The van der Waals surface area contributed by atoms with Gasteiger partial charge in [-0.2, -0.15) is 4.39 Å². The minimum Gasteiger partial charge on any atom is -0.312 e.